The van der Waals surface area contributed by atoms with Crippen molar-refractivity contribution < 1.29 is 22.5 Å². The first-order chi connectivity index (χ1) is 12.3. The Hall–Kier alpha value is -2.34. The summed E-state index contributed by atoms with van der Waals surface area (Å²) in [4.78, 5) is 21.4. The molecule has 0 spiro atoms. The Kier molecular flexibility index (Phi) is 5.32. The maximum atomic E-state index is 11.9. The molecule has 26 heavy (non-hydrogen) atoms. The van der Waals surface area contributed by atoms with E-state index in [-0.39, 0.29) is 26.4 Å². The molecule has 2 heterocycles. The van der Waals surface area contributed by atoms with E-state index in [2.05, 4.69) is 9.97 Å². The Morgan fingerprint density at radius 3 is 2.81 bits per heavy atom. The van der Waals surface area contributed by atoms with Gasteiger partial charge in [-0.3, -0.25) is 9.35 Å². The van der Waals surface area contributed by atoms with Crippen LogP contribution in [0.5, 0.6) is 0 Å². The minimum atomic E-state index is -4.34. The van der Waals surface area contributed by atoms with Crippen LogP contribution in [0.3, 0.4) is 0 Å². The average Bonchev–Trinajstić information content (AvgIpc) is 2.59. The molecule has 1 saturated heterocycles. The fraction of sp³-hybridized carbons (Fsp3) is 0.400. The van der Waals surface area contributed by atoms with Crippen molar-refractivity contribution in [3.05, 3.63) is 30.1 Å². The second-order valence-electron chi connectivity index (χ2n) is 5.87. The summed E-state index contributed by atoms with van der Waals surface area (Å²) in [5.74, 6) is 0.0205. The summed E-state index contributed by atoms with van der Waals surface area (Å²) < 4.78 is 37.3. The van der Waals surface area contributed by atoms with Gasteiger partial charge in [0.05, 0.1) is 18.7 Å². The number of nitrogens with two attached hydrogens (primary N) is 1. The zero-order chi connectivity index (χ0) is 18.7. The summed E-state index contributed by atoms with van der Waals surface area (Å²) in [5.41, 5.74) is 7.56. The monoisotopic (exact) mass is 381 g/mol. The lowest BCUT2D eigenvalue weighted by atomic mass is 10.1. The number of benzene rings is 1. The molecule has 3 N–H and O–H groups in total. The third kappa shape index (κ3) is 4.25. The van der Waals surface area contributed by atoms with Gasteiger partial charge in [0.1, 0.15) is 18.9 Å². The molecule has 0 aliphatic carbocycles. The van der Waals surface area contributed by atoms with Crippen LogP contribution in [0.4, 0.5) is 5.82 Å². The number of ether oxygens (including phenoxy) is 1. The first kappa shape index (κ1) is 18.5. The lowest BCUT2D eigenvalue weighted by Gasteiger charge is -2.31. The van der Waals surface area contributed by atoms with Crippen molar-refractivity contribution in [1.82, 2.24) is 19.2 Å². The average molecular weight is 381 g/mol. The van der Waals surface area contributed by atoms with E-state index in [4.69, 9.17) is 15.0 Å². The third-order valence-electron chi connectivity index (χ3n) is 4.12. The number of rotatable bonds is 6. The van der Waals surface area contributed by atoms with Crippen molar-refractivity contribution in [2.45, 2.75) is 6.42 Å². The van der Waals surface area contributed by atoms with Crippen LogP contribution in [0.1, 0.15) is 5.56 Å². The highest BCUT2D eigenvalue weighted by Crippen LogP contribution is 2.18. The van der Waals surface area contributed by atoms with Gasteiger partial charge in [-0.2, -0.15) is 12.7 Å². The molecule has 1 aromatic heterocycles. The zero-order valence-electron chi connectivity index (χ0n) is 13.9. The molecule has 2 aromatic rings. The van der Waals surface area contributed by atoms with Gasteiger partial charge in [0.15, 0.2) is 0 Å². The van der Waals surface area contributed by atoms with Crippen molar-refractivity contribution in [3.8, 4) is 0 Å². The second kappa shape index (κ2) is 7.50. The summed E-state index contributed by atoms with van der Waals surface area (Å²) in [6, 6.07) is 5.69. The van der Waals surface area contributed by atoms with Crippen LogP contribution in [0, 0.1) is 0 Å². The van der Waals surface area contributed by atoms with E-state index in [1.807, 2.05) is 18.2 Å². The summed E-state index contributed by atoms with van der Waals surface area (Å²) >= 11 is 0. The molecule has 1 fully saturated rings. The van der Waals surface area contributed by atoms with Crippen LogP contribution in [0.15, 0.2) is 24.5 Å². The number of nitrogen functional groups attached to an aromatic ring is 1. The smallest absolute Gasteiger partial charge is 0.336 e. The van der Waals surface area contributed by atoms with E-state index in [1.165, 1.54) is 11.2 Å². The lowest BCUT2D eigenvalue weighted by Crippen LogP contribution is -2.52. The number of amides is 1. The van der Waals surface area contributed by atoms with Gasteiger partial charge in [0.2, 0.25) is 5.91 Å². The minimum absolute atomic E-state index is 0.0414. The van der Waals surface area contributed by atoms with E-state index >= 15 is 0 Å². The SMILES string of the molecule is Nc1ncnc2cc(CCOCN3CCN(S(=O)(=O)O)CC3=O)ccc12. The summed E-state index contributed by atoms with van der Waals surface area (Å²) in [7, 11) is -4.34. The van der Waals surface area contributed by atoms with Crippen LogP contribution in [0.25, 0.3) is 10.9 Å². The molecule has 1 aromatic carbocycles. The van der Waals surface area contributed by atoms with Crippen LogP contribution >= 0.6 is 0 Å². The van der Waals surface area contributed by atoms with Gasteiger partial charge in [-0.25, -0.2) is 9.97 Å². The number of hydrogen-bond acceptors (Lipinski definition) is 7. The zero-order valence-corrected chi connectivity index (χ0v) is 14.7. The predicted octanol–water partition coefficient (Wildman–Crippen LogP) is -0.324. The fourth-order valence-electron chi connectivity index (χ4n) is 2.66. The number of piperazine rings is 1. The molecule has 11 heteroatoms. The largest absolute Gasteiger partial charge is 0.383 e. The van der Waals surface area contributed by atoms with E-state index in [0.717, 1.165) is 20.8 Å². The van der Waals surface area contributed by atoms with Gasteiger partial charge in [-0.1, -0.05) is 6.07 Å². The third-order valence-corrected chi connectivity index (χ3v) is 5.09. The van der Waals surface area contributed by atoms with E-state index in [1.54, 1.807) is 0 Å². The highest BCUT2D eigenvalue weighted by atomic mass is 32.2. The van der Waals surface area contributed by atoms with Crippen molar-refractivity contribution in [2.75, 3.05) is 38.7 Å². The first-order valence-electron chi connectivity index (χ1n) is 7.92. The topological polar surface area (TPSA) is 139 Å². The molecule has 3 rings (SSSR count). The second-order valence-corrected chi connectivity index (χ2v) is 7.28. The number of anilines is 1. The van der Waals surface area contributed by atoms with Gasteiger partial charge in [-0.15, -0.1) is 0 Å². The summed E-state index contributed by atoms with van der Waals surface area (Å²) in [6.45, 7) is 0.289. The molecule has 1 amide bonds. The Labute approximate surface area is 150 Å². The van der Waals surface area contributed by atoms with Crippen molar-refractivity contribution in [1.29, 1.82) is 0 Å². The molecule has 0 atom stereocenters. The van der Waals surface area contributed by atoms with E-state index < -0.39 is 16.2 Å². The van der Waals surface area contributed by atoms with Crippen LogP contribution < -0.4 is 5.73 Å². The number of aromatic nitrogens is 2. The van der Waals surface area contributed by atoms with Crippen LogP contribution in [-0.4, -0.2) is 71.0 Å². The Morgan fingerprint density at radius 1 is 1.27 bits per heavy atom. The molecular formula is C15H19N5O5S. The highest BCUT2D eigenvalue weighted by molar-refractivity contribution is 7.83. The van der Waals surface area contributed by atoms with E-state index in [0.29, 0.717) is 18.8 Å². The molecule has 10 nitrogen and oxygen atoms in total. The quantitative estimate of drug-likeness (QED) is 0.512. The first-order valence-corrected chi connectivity index (χ1v) is 9.31. The Balaban J connectivity index is 1.48. The number of fused-ring (bicyclic) bond motifs is 1. The van der Waals surface area contributed by atoms with Crippen LogP contribution in [-0.2, 0) is 26.3 Å². The molecule has 1 aliphatic heterocycles. The van der Waals surface area contributed by atoms with Gasteiger partial charge >= 0.3 is 10.3 Å². The van der Waals surface area contributed by atoms with Crippen molar-refractivity contribution in [3.63, 3.8) is 0 Å². The fourth-order valence-corrected chi connectivity index (χ4v) is 3.25. The van der Waals surface area contributed by atoms with Gasteiger partial charge in [-0.05, 0) is 24.1 Å². The molecule has 0 radical (unpaired) electrons. The van der Waals surface area contributed by atoms with Gasteiger partial charge in [0.25, 0.3) is 0 Å². The molecule has 0 saturated carbocycles. The number of hydrogen-bond donors (Lipinski definition) is 2. The van der Waals surface area contributed by atoms with E-state index in [9.17, 15) is 13.2 Å². The highest BCUT2D eigenvalue weighted by Gasteiger charge is 2.30. The normalized spacial score (nSPS) is 16.3. The van der Waals surface area contributed by atoms with Gasteiger partial charge < -0.3 is 15.4 Å². The number of carbonyl (C=O) groups excluding carboxylic acids is 1. The molecule has 0 unspecified atom stereocenters. The Morgan fingerprint density at radius 2 is 2.08 bits per heavy atom. The van der Waals surface area contributed by atoms with Crippen LogP contribution in [0.2, 0.25) is 0 Å². The summed E-state index contributed by atoms with van der Waals surface area (Å²) in [5, 5.41) is 0.791. The van der Waals surface area contributed by atoms with Crippen molar-refractivity contribution in [2.24, 2.45) is 0 Å². The number of carbonyl (C=O) groups is 1. The standard InChI is InChI=1S/C15H19N5O5S/c16-15-12-2-1-11(7-13(12)17-9-18-15)3-6-25-10-19-4-5-20(8-14(19)21)26(22,23)24/h1-2,7,9H,3-6,8,10H2,(H2,16,17,18)(H,22,23,24). The maximum absolute atomic E-state index is 11.9. The lowest BCUT2D eigenvalue weighted by molar-refractivity contribution is -0.140. The maximum Gasteiger partial charge on any atom is 0.336 e. The molecule has 140 valence electrons. The molecular weight excluding hydrogens is 362 g/mol. The predicted molar refractivity (Wildman–Crippen MR) is 93.3 cm³/mol. The minimum Gasteiger partial charge on any atom is -0.383 e. The number of nitrogens with zero attached hydrogens (tertiary/aromatic N) is 4. The Bertz CT molecular complexity index is 920. The van der Waals surface area contributed by atoms with Gasteiger partial charge in [0, 0.05) is 18.5 Å². The molecule has 0 bridgehead atoms. The van der Waals surface area contributed by atoms with Crippen molar-refractivity contribution >= 4 is 32.9 Å². The summed E-state index contributed by atoms with van der Waals surface area (Å²) in [6.07, 6.45) is 2.04. The molecule has 1 aliphatic rings.